The van der Waals surface area contributed by atoms with Crippen LogP contribution >= 0.6 is 11.6 Å². The highest BCUT2D eigenvalue weighted by molar-refractivity contribution is 6.18. The van der Waals surface area contributed by atoms with Gasteiger partial charge in [0, 0.05) is 5.88 Å². The standard InChI is InChI=1S/C11H19Cl/c1-10(2)8-4-5-11(10,3)9(6-8)7-12/h8-9H,4-7H2,1-3H3. The summed E-state index contributed by atoms with van der Waals surface area (Å²) < 4.78 is 0. The van der Waals surface area contributed by atoms with Gasteiger partial charge in [-0.2, -0.15) is 0 Å². The van der Waals surface area contributed by atoms with Gasteiger partial charge in [0.05, 0.1) is 0 Å². The van der Waals surface area contributed by atoms with Gasteiger partial charge in [0.2, 0.25) is 0 Å². The summed E-state index contributed by atoms with van der Waals surface area (Å²) in [4.78, 5) is 0. The van der Waals surface area contributed by atoms with Crippen molar-refractivity contribution in [2.45, 2.75) is 40.0 Å². The Balaban J connectivity index is 2.33. The van der Waals surface area contributed by atoms with E-state index in [1.807, 2.05) is 0 Å². The molecule has 0 aliphatic heterocycles. The van der Waals surface area contributed by atoms with E-state index in [2.05, 4.69) is 20.8 Å². The first kappa shape index (κ1) is 8.87. The molecule has 2 aliphatic rings. The van der Waals surface area contributed by atoms with Crippen LogP contribution in [0, 0.1) is 22.7 Å². The molecule has 2 aliphatic carbocycles. The molecule has 0 amide bonds. The molecule has 2 fully saturated rings. The number of hydrogen-bond acceptors (Lipinski definition) is 0. The maximum Gasteiger partial charge on any atom is 0.0257 e. The lowest BCUT2D eigenvalue weighted by molar-refractivity contribution is 0.113. The van der Waals surface area contributed by atoms with E-state index in [9.17, 15) is 0 Å². The second-order valence-electron chi connectivity index (χ2n) is 5.46. The first-order valence-electron chi connectivity index (χ1n) is 5.08. The summed E-state index contributed by atoms with van der Waals surface area (Å²) in [6.45, 7) is 7.33. The molecule has 0 nitrogen and oxygen atoms in total. The maximum atomic E-state index is 6.02. The van der Waals surface area contributed by atoms with Gasteiger partial charge in [0.15, 0.2) is 0 Å². The largest absolute Gasteiger partial charge is 0.126 e. The minimum Gasteiger partial charge on any atom is -0.126 e. The average Bonchev–Trinajstić information content (AvgIpc) is 2.34. The Morgan fingerprint density at radius 1 is 1.33 bits per heavy atom. The molecule has 0 saturated heterocycles. The molecule has 0 aromatic carbocycles. The fourth-order valence-electron chi connectivity index (χ4n) is 3.60. The van der Waals surface area contributed by atoms with Crippen LogP contribution in [0.3, 0.4) is 0 Å². The predicted molar refractivity (Wildman–Crippen MR) is 53.4 cm³/mol. The van der Waals surface area contributed by atoms with E-state index in [4.69, 9.17) is 11.6 Å². The van der Waals surface area contributed by atoms with E-state index in [0.717, 1.165) is 17.7 Å². The van der Waals surface area contributed by atoms with Crippen molar-refractivity contribution in [1.82, 2.24) is 0 Å². The lowest BCUT2D eigenvalue weighted by Crippen LogP contribution is -2.32. The molecule has 70 valence electrons. The van der Waals surface area contributed by atoms with Crippen molar-refractivity contribution in [3.8, 4) is 0 Å². The van der Waals surface area contributed by atoms with Crippen LogP contribution in [0.2, 0.25) is 0 Å². The smallest absolute Gasteiger partial charge is 0.0257 e. The average molecular weight is 187 g/mol. The molecule has 12 heavy (non-hydrogen) atoms. The molecular weight excluding hydrogens is 168 g/mol. The van der Waals surface area contributed by atoms with E-state index in [1.165, 1.54) is 19.3 Å². The molecule has 2 rings (SSSR count). The maximum absolute atomic E-state index is 6.02. The summed E-state index contributed by atoms with van der Waals surface area (Å²) >= 11 is 6.02. The van der Waals surface area contributed by atoms with Crippen molar-refractivity contribution < 1.29 is 0 Å². The van der Waals surface area contributed by atoms with Crippen molar-refractivity contribution in [2.75, 3.05) is 5.88 Å². The summed E-state index contributed by atoms with van der Waals surface area (Å²) in [5.74, 6) is 2.61. The lowest BCUT2D eigenvalue weighted by atomic mass is 9.67. The zero-order chi connectivity index (χ0) is 8.98. The molecule has 2 bridgehead atoms. The normalized spacial score (nSPS) is 50.0. The van der Waals surface area contributed by atoms with Gasteiger partial charge >= 0.3 is 0 Å². The van der Waals surface area contributed by atoms with Crippen LogP contribution in [0.25, 0.3) is 0 Å². The van der Waals surface area contributed by atoms with Gasteiger partial charge in [0.1, 0.15) is 0 Å². The highest BCUT2D eigenvalue weighted by Crippen LogP contribution is 2.68. The van der Waals surface area contributed by atoms with Gasteiger partial charge in [-0.15, -0.1) is 11.6 Å². The third kappa shape index (κ3) is 0.801. The highest BCUT2D eigenvalue weighted by Gasteiger charge is 2.60. The Kier molecular flexibility index (Phi) is 1.78. The van der Waals surface area contributed by atoms with Gasteiger partial charge < -0.3 is 0 Å². The van der Waals surface area contributed by atoms with Crippen LogP contribution in [0.5, 0.6) is 0 Å². The van der Waals surface area contributed by atoms with Crippen LogP contribution in [0.4, 0.5) is 0 Å². The van der Waals surface area contributed by atoms with Crippen LogP contribution < -0.4 is 0 Å². The van der Waals surface area contributed by atoms with Crippen LogP contribution in [-0.4, -0.2) is 5.88 Å². The van der Waals surface area contributed by atoms with Crippen molar-refractivity contribution >= 4 is 11.6 Å². The Morgan fingerprint density at radius 2 is 2.00 bits per heavy atom. The van der Waals surface area contributed by atoms with Crippen LogP contribution in [-0.2, 0) is 0 Å². The summed E-state index contributed by atoms with van der Waals surface area (Å²) in [5.41, 5.74) is 1.09. The molecule has 0 aromatic rings. The van der Waals surface area contributed by atoms with E-state index in [0.29, 0.717) is 10.8 Å². The Hall–Kier alpha value is 0.290. The predicted octanol–water partition coefficient (Wildman–Crippen LogP) is 3.69. The van der Waals surface area contributed by atoms with Crippen LogP contribution in [0.1, 0.15) is 40.0 Å². The fraction of sp³-hybridized carbons (Fsp3) is 1.00. The van der Waals surface area contributed by atoms with Crippen molar-refractivity contribution in [3.63, 3.8) is 0 Å². The number of hydrogen-bond donors (Lipinski definition) is 0. The van der Waals surface area contributed by atoms with Crippen molar-refractivity contribution in [3.05, 3.63) is 0 Å². The van der Waals surface area contributed by atoms with Crippen LogP contribution in [0.15, 0.2) is 0 Å². The van der Waals surface area contributed by atoms with E-state index < -0.39 is 0 Å². The Bertz CT molecular complexity index is 197. The molecule has 0 aromatic heterocycles. The molecule has 0 N–H and O–H groups in total. The molecule has 0 heterocycles. The van der Waals surface area contributed by atoms with Crippen molar-refractivity contribution in [2.24, 2.45) is 22.7 Å². The topological polar surface area (TPSA) is 0 Å². The summed E-state index contributed by atoms with van der Waals surface area (Å²) in [7, 11) is 0. The summed E-state index contributed by atoms with van der Waals surface area (Å²) in [6, 6.07) is 0. The third-order valence-corrected chi connectivity index (χ3v) is 5.53. The molecule has 0 radical (unpaired) electrons. The number of alkyl halides is 1. The molecule has 3 unspecified atom stereocenters. The van der Waals surface area contributed by atoms with Crippen molar-refractivity contribution in [1.29, 1.82) is 0 Å². The first-order chi connectivity index (χ1) is 5.52. The number of rotatable bonds is 1. The zero-order valence-electron chi connectivity index (χ0n) is 8.36. The quantitative estimate of drug-likeness (QED) is 0.548. The highest BCUT2D eigenvalue weighted by atomic mass is 35.5. The van der Waals surface area contributed by atoms with E-state index in [1.54, 1.807) is 0 Å². The van der Waals surface area contributed by atoms with Gasteiger partial charge in [0.25, 0.3) is 0 Å². The minimum atomic E-state index is 0.541. The number of halogens is 1. The van der Waals surface area contributed by atoms with Gasteiger partial charge in [-0.1, -0.05) is 20.8 Å². The third-order valence-electron chi connectivity index (χ3n) is 5.16. The minimum absolute atomic E-state index is 0.541. The monoisotopic (exact) mass is 186 g/mol. The second kappa shape index (κ2) is 2.41. The zero-order valence-corrected chi connectivity index (χ0v) is 9.12. The lowest BCUT2D eigenvalue weighted by Gasteiger charge is -2.38. The first-order valence-corrected chi connectivity index (χ1v) is 5.62. The Labute approximate surface area is 80.7 Å². The fourth-order valence-corrected chi connectivity index (χ4v) is 4.07. The van der Waals surface area contributed by atoms with E-state index in [-0.39, 0.29) is 0 Å². The molecule has 3 atom stereocenters. The SMILES string of the molecule is CC1(C)C2CCC1(C)C(CCl)C2. The van der Waals surface area contributed by atoms with Gasteiger partial charge in [-0.25, -0.2) is 0 Å². The van der Waals surface area contributed by atoms with E-state index >= 15 is 0 Å². The van der Waals surface area contributed by atoms with Gasteiger partial charge in [-0.05, 0) is 41.9 Å². The Morgan fingerprint density at radius 3 is 2.25 bits per heavy atom. The molecule has 1 heteroatoms. The molecular formula is C11H19Cl. The molecule has 2 saturated carbocycles. The summed E-state index contributed by atoms with van der Waals surface area (Å²) in [6.07, 6.45) is 4.23. The second-order valence-corrected chi connectivity index (χ2v) is 5.77. The molecule has 0 spiro atoms. The summed E-state index contributed by atoms with van der Waals surface area (Å²) in [5, 5.41) is 0. The number of fused-ring (bicyclic) bond motifs is 2. The van der Waals surface area contributed by atoms with Gasteiger partial charge in [-0.3, -0.25) is 0 Å².